The molecule has 0 heterocycles. The maximum absolute atomic E-state index is 7.02. The number of fused-ring (bicyclic) bond motifs is 3. The molecule has 37 heavy (non-hydrogen) atoms. The first-order valence-electron chi connectivity index (χ1n) is 13.1. The molecule has 5 rings (SSSR count). The lowest BCUT2D eigenvalue weighted by Crippen LogP contribution is -2.50. The quantitative estimate of drug-likeness (QED) is 0.154. The Hall–Kier alpha value is -3.25. The van der Waals surface area contributed by atoms with E-state index in [1.807, 2.05) is 0 Å². The lowest BCUT2D eigenvalue weighted by atomic mass is 9.97. The predicted octanol–water partition coefficient (Wildman–Crippen LogP) is 7.50. The zero-order valence-corrected chi connectivity index (χ0v) is 24.2. The zero-order chi connectivity index (χ0) is 25.8. The van der Waals surface area contributed by atoms with Gasteiger partial charge in [0.05, 0.1) is 0 Å². The summed E-state index contributed by atoms with van der Waals surface area (Å²) in [5.41, 5.74) is 4.15. The van der Waals surface area contributed by atoms with Gasteiger partial charge >= 0.3 is 0 Å². The van der Waals surface area contributed by atoms with Crippen LogP contribution >= 0.6 is 0 Å². The molecule has 5 aromatic rings. The van der Waals surface area contributed by atoms with Crippen LogP contribution in [0.1, 0.15) is 23.1 Å². The van der Waals surface area contributed by atoms with Gasteiger partial charge in [-0.2, -0.15) is 0 Å². The third-order valence-corrected chi connectivity index (χ3v) is 11.6. The number of rotatable bonds is 8. The Labute approximate surface area is 224 Å². The Kier molecular flexibility index (Phi) is 7.56. The van der Waals surface area contributed by atoms with Crippen LogP contribution in [0.3, 0.4) is 0 Å². The second kappa shape index (κ2) is 11.0. The van der Waals surface area contributed by atoms with Gasteiger partial charge in [0.15, 0.2) is 0 Å². The van der Waals surface area contributed by atoms with E-state index in [2.05, 4.69) is 142 Å². The fourth-order valence-electron chi connectivity index (χ4n) is 5.02. The minimum Gasteiger partial charge on any atom is -0.413 e. The fraction of sp³-hybridized carbons (Fsp3) is 0.176. The number of hydrogen-bond donors (Lipinski definition) is 0. The standard InChI is InChI=1S/C34H34OSi2/c1-25-14-12-22-33(26(25)2)36-34(35-37(3,4)29-17-6-5-7-18-29)23-13-16-28-24-27-15-8-9-19-30(27)32-21-11-10-20-31(28)32/h5-22,24,34H,23H2,1-4H3/b16-13-. The minimum absolute atomic E-state index is 0.144. The summed E-state index contributed by atoms with van der Waals surface area (Å²) >= 11 is 0. The number of hydrogen-bond acceptors (Lipinski definition) is 1. The molecule has 1 unspecified atom stereocenters. The molecule has 2 radical (unpaired) electrons. The fourth-order valence-corrected chi connectivity index (χ4v) is 9.29. The van der Waals surface area contributed by atoms with Crippen LogP contribution in [-0.2, 0) is 4.43 Å². The maximum Gasteiger partial charge on any atom is 0.218 e. The molecule has 5 aromatic carbocycles. The van der Waals surface area contributed by atoms with E-state index in [0.29, 0.717) is 9.52 Å². The predicted molar refractivity (Wildman–Crippen MR) is 165 cm³/mol. The number of aryl methyl sites for hydroxylation is 1. The summed E-state index contributed by atoms with van der Waals surface area (Å²) in [6.45, 7) is 9.09. The third kappa shape index (κ3) is 5.69. The third-order valence-electron chi connectivity index (χ3n) is 7.27. The zero-order valence-electron chi connectivity index (χ0n) is 22.2. The largest absolute Gasteiger partial charge is 0.413 e. The van der Waals surface area contributed by atoms with Crippen LogP contribution in [0.25, 0.3) is 27.6 Å². The van der Waals surface area contributed by atoms with Crippen molar-refractivity contribution < 1.29 is 4.43 Å². The van der Waals surface area contributed by atoms with E-state index < -0.39 is 8.32 Å². The monoisotopic (exact) mass is 514 g/mol. The summed E-state index contributed by atoms with van der Waals surface area (Å²) in [4.78, 5) is 0. The highest BCUT2D eigenvalue weighted by molar-refractivity contribution is 6.84. The van der Waals surface area contributed by atoms with E-state index in [4.69, 9.17) is 4.43 Å². The molecular formula is C34H34OSi2. The van der Waals surface area contributed by atoms with Crippen molar-refractivity contribution >= 4 is 55.8 Å². The van der Waals surface area contributed by atoms with Crippen molar-refractivity contribution in [3.05, 3.63) is 126 Å². The van der Waals surface area contributed by atoms with E-state index in [9.17, 15) is 0 Å². The van der Waals surface area contributed by atoms with Crippen molar-refractivity contribution in [3.8, 4) is 0 Å². The van der Waals surface area contributed by atoms with Gasteiger partial charge in [0.2, 0.25) is 8.32 Å². The Morgan fingerprint density at radius 3 is 2.22 bits per heavy atom. The van der Waals surface area contributed by atoms with Gasteiger partial charge in [0, 0.05) is 5.73 Å². The highest BCUT2D eigenvalue weighted by atomic mass is 28.4. The highest BCUT2D eigenvalue weighted by Gasteiger charge is 2.29. The normalized spacial score (nSPS) is 13.0. The van der Waals surface area contributed by atoms with Gasteiger partial charge in [0.1, 0.15) is 9.52 Å². The smallest absolute Gasteiger partial charge is 0.218 e. The van der Waals surface area contributed by atoms with Gasteiger partial charge in [-0.25, -0.2) is 0 Å². The summed E-state index contributed by atoms with van der Waals surface area (Å²) in [5, 5.41) is 7.95. The first kappa shape index (κ1) is 25.4. The molecule has 0 fully saturated rings. The molecule has 0 saturated heterocycles. The molecule has 0 N–H and O–H groups in total. The van der Waals surface area contributed by atoms with Crippen LogP contribution in [0.15, 0.2) is 109 Å². The van der Waals surface area contributed by atoms with Crippen LogP contribution in [0.4, 0.5) is 0 Å². The van der Waals surface area contributed by atoms with E-state index in [0.717, 1.165) is 6.42 Å². The minimum atomic E-state index is -2.06. The molecule has 3 heteroatoms. The van der Waals surface area contributed by atoms with Gasteiger partial charge < -0.3 is 4.43 Å². The molecule has 0 aromatic heterocycles. The molecule has 0 aliphatic heterocycles. The van der Waals surface area contributed by atoms with E-state index in [-0.39, 0.29) is 5.73 Å². The van der Waals surface area contributed by atoms with Crippen molar-refractivity contribution in [3.63, 3.8) is 0 Å². The molecule has 0 spiro atoms. The second-order valence-corrected chi connectivity index (χ2v) is 15.6. The van der Waals surface area contributed by atoms with Crippen molar-refractivity contribution in [1.82, 2.24) is 0 Å². The first-order chi connectivity index (χ1) is 17.9. The molecule has 0 amide bonds. The molecule has 0 bridgehead atoms. The summed E-state index contributed by atoms with van der Waals surface area (Å²) in [7, 11) is -1.46. The lowest BCUT2D eigenvalue weighted by molar-refractivity contribution is 0.279. The van der Waals surface area contributed by atoms with E-state index >= 15 is 0 Å². The van der Waals surface area contributed by atoms with Crippen LogP contribution in [0.5, 0.6) is 0 Å². The van der Waals surface area contributed by atoms with Crippen molar-refractivity contribution in [1.29, 1.82) is 0 Å². The van der Waals surface area contributed by atoms with Crippen molar-refractivity contribution in [2.24, 2.45) is 0 Å². The lowest BCUT2D eigenvalue weighted by Gasteiger charge is -2.29. The maximum atomic E-state index is 7.02. The topological polar surface area (TPSA) is 9.23 Å². The van der Waals surface area contributed by atoms with Gasteiger partial charge in [-0.05, 0) is 82.9 Å². The van der Waals surface area contributed by atoms with Gasteiger partial charge in [-0.3, -0.25) is 0 Å². The Morgan fingerprint density at radius 2 is 1.43 bits per heavy atom. The summed E-state index contributed by atoms with van der Waals surface area (Å²) in [6, 6.07) is 37.2. The van der Waals surface area contributed by atoms with Crippen LogP contribution in [0, 0.1) is 13.8 Å². The van der Waals surface area contributed by atoms with E-state index in [1.165, 1.54) is 48.6 Å². The van der Waals surface area contributed by atoms with Crippen LogP contribution in [0.2, 0.25) is 13.1 Å². The van der Waals surface area contributed by atoms with Gasteiger partial charge in [0.25, 0.3) is 0 Å². The summed E-state index contributed by atoms with van der Waals surface area (Å²) < 4.78 is 7.02. The molecule has 184 valence electrons. The van der Waals surface area contributed by atoms with E-state index in [1.54, 1.807) is 0 Å². The molecule has 0 aliphatic rings. The van der Waals surface area contributed by atoms with Crippen molar-refractivity contribution in [2.45, 2.75) is 39.1 Å². The first-order valence-corrected chi connectivity index (χ1v) is 17.0. The molecule has 0 aliphatic carbocycles. The SMILES string of the molecule is Cc1cccc([Si]C(C/C=C\c2cc3ccccc3c3ccccc23)O[Si](C)(C)c2ccccc2)c1C. The molecular weight excluding hydrogens is 481 g/mol. The Bertz CT molecular complexity index is 1550. The highest BCUT2D eigenvalue weighted by Crippen LogP contribution is 2.29. The Balaban J connectivity index is 1.46. The molecule has 1 nitrogen and oxygen atoms in total. The summed E-state index contributed by atoms with van der Waals surface area (Å²) in [6.07, 6.45) is 5.51. The van der Waals surface area contributed by atoms with Gasteiger partial charge in [-0.15, -0.1) is 0 Å². The Morgan fingerprint density at radius 1 is 0.757 bits per heavy atom. The molecule has 1 atom stereocenters. The average Bonchev–Trinajstić information content (AvgIpc) is 2.91. The van der Waals surface area contributed by atoms with Crippen LogP contribution < -0.4 is 10.4 Å². The van der Waals surface area contributed by atoms with Crippen molar-refractivity contribution in [2.75, 3.05) is 0 Å². The van der Waals surface area contributed by atoms with Crippen LogP contribution in [-0.4, -0.2) is 23.6 Å². The second-order valence-electron chi connectivity index (χ2n) is 10.2. The molecule has 0 saturated carbocycles. The number of benzene rings is 5. The van der Waals surface area contributed by atoms with Gasteiger partial charge in [-0.1, -0.05) is 114 Å². The summed E-state index contributed by atoms with van der Waals surface area (Å²) in [5.74, 6) is 0. The average molecular weight is 515 g/mol.